The Hall–Kier alpha value is -1.68. The van der Waals surface area contributed by atoms with E-state index in [9.17, 15) is 4.39 Å². The summed E-state index contributed by atoms with van der Waals surface area (Å²) in [6.45, 7) is 0.489. The Kier molecular flexibility index (Phi) is 2.78. The predicted molar refractivity (Wildman–Crippen MR) is 54.7 cm³/mol. The molecule has 0 saturated carbocycles. The fourth-order valence-electron chi connectivity index (χ4n) is 1.47. The van der Waals surface area contributed by atoms with Crippen LogP contribution in [-0.4, -0.2) is 11.7 Å². The number of hydrogen-bond donors (Lipinski definition) is 1. The van der Waals surface area contributed by atoms with Crippen molar-refractivity contribution >= 4 is 0 Å². The molecule has 0 bridgehead atoms. The third-order valence-electron chi connectivity index (χ3n) is 2.19. The molecule has 78 valence electrons. The molecule has 0 spiro atoms. The minimum absolute atomic E-state index is 0.301. The molecule has 4 heteroatoms. The van der Waals surface area contributed by atoms with Crippen LogP contribution in [-0.2, 0) is 6.42 Å². The van der Waals surface area contributed by atoms with Gasteiger partial charge in [-0.05, 0) is 25.1 Å². The molecule has 0 unspecified atom stereocenters. The van der Waals surface area contributed by atoms with Crippen molar-refractivity contribution in [2.24, 2.45) is 5.73 Å². The molecule has 0 aliphatic carbocycles. The summed E-state index contributed by atoms with van der Waals surface area (Å²) in [6.07, 6.45) is 2.14. The molecule has 0 saturated heterocycles. The average Bonchev–Trinajstić information content (AvgIpc) is 2.67. The van der Waals surface area contributed by atoms with Crippen LogP contribution in [0.15, 0.2) is 35.1 Å². The highest BCUT2D eigenvalue weighted by atomic mass is 19.1. The molecule has 15 heavy (non-hydrogen) atoms. The highest BCUT2D eigenvalue weighted by molar-refractivity contribution is 5.62. The topological polar surface area (TPSA) is 52.0 Å². The SMILES string of the molecule is NCCc1conc1-c1ccccc1F. The summed E-state index contributed by atoms with van der Waals surface area (Å²) in [5.41, 5.74) is 7.27. The van der Waals surface area contributed by atoms with Gasteiger partial charge >= 0.3 is 0 Å². The molecule has 0 amide bonds. The van der Waals surface area contributed by atoms with Crippen molar-refractivity contribution in [3.05, 3.63) is 41.9 Å². The molecule has 0 aliphatic heterocycles. The Morgan fingerprint density at radius 1 is 1.33 bits per heavy atom. The minimum Gasteiger partial charge on any atom is -0.364 e. The fourth-order valence-corrected chi connectivity index (χ4v) is 1.47. The average molecular weight is 206 g/mol. The molecule has 0 fully saturated rings. The van der Waals surface area contributed by atoms with Crippen LogP contribution >= 0.6 is 0 Å². The number of halogens is 1. The maximum absolute atomic E-state index is 13.5. The molecular weight excluding hydrogens is 195 g/mol. The van der Waals surface area contributed by atoms with Crippen LogP contribution in [0.5, 0.6) is 0 Å². The van der Waals surface area contributed by atoms with Gasteiger partial charge in [0.1, 0.15) is 17.8 Å². The zero-order chi connectivity index (χ0) is 10.7. The van der Waals surface area contributed by atoms with Crippen LogP contribution in [0.25, 0.3) is 11.3 Å². The molecule has 3 nitrogen and oxygen atoms in total. The van der Waals surface area contributed by atoms with E-state index >= 15 is 0 Å². The molecule has 2 aromatic rings. The third kappa shape index (κ3) is 1.89. The van der Waals surface area contributed by atoms with Crippen molar-refractivity contribution in [3.8, 4) is 11.3 Å². The van der Waals surface area contributed by atoms with Crippen LogP contribution in [0.3, 0.4) is 0 Å². The normalized spacial score (nSPS) is 10.5. The molecular formula is C11H11FN2O. The van der Waals surface area contributed by atoms with Crippen LogP contribution in [0, 0.1) is 5.82 Å². The fraction of sp³-hybridized carbons (Fsp3) is 0.182. The first-order valence-corrected chi connectivity index (χ1v) is 4.71. The predicted octanol–water partition coefficient (Wildman–Crippen LogP) is 1.98. The van der Waals surface area contributed by atoms with Gasteiger partial charge in [0.05, 0.1) is 0 Å². The van der Waals surface area contributed by atoms with E-state index in [0.717, 1.165) is 5.56 Å². The highest BCUT2D eigenvalue weighted by Gasteiger charge is 2.12. The lowest BCUT2D eigenvalue weighted by Gasteiger charge is -2.00. The zero-order valence-electron chi connectivity index (χ0n) is 8.11. The smallest absolute Gasteiger partial charge is 0.132 e. The Bertz CT molecular complexity index is 453. The van der Waals surface area contributed by atoms with E-state index in [4.69, 9.17) is 10.3 Å². The van der Waals surface area contributed by atoms with Gasteiger partial charge in [0.25, 0.3) is 0 Å². The number of rotatable bonds is 3. The number of nitrogens with two attached hydrogens (primary N) is 1. The summed E-state index contributed by atoms with van der Waals surface area (Å²) in [5.74, 6) is -0.301. The second-order valence-corrected chi connectivity index (χ2v) is 3.21. The monoisotopic (exact) mass is 206 g/mol. The Balaban J connectivity index is 2.45. The van der Waals surface area contributed by atoms with E-state index in [-0.39, 0.29) is 5.82 Å². The van der Waals surface area contributed by atoms with Gasteiger partial charge in [-0.25, -0.2) is 4.39 Å². The molecule has 0 aliphatic rings. The Morgan fingerprint density at radius 3 is 2.87 bits per heavy atom. The van der Waals surface area contributed by atoms with E-state index < -0.39 is 0 Å². The largest absolute Gasteiger partial charge is 0.364 e. The highest BCUT2D eigenvalue weighted by Crippen LogP contribution is 2.24. The van der Waals surface area contributed by atoms with Crippen LogP contribution in [0.4, 0.5) is 4.39 Å². The second-order valence-electron chi connectivity index (χ2n) is 3.21. The van der Waals surface area contributed by atoms with Crippen molar-refractivity contribution < 1.29 is 8.91 Å². The van der Waals surface area contributed by atoms with Gasteiger partial charge in [-0.2, -0.15) is 0 Å². The quantitative estimate of drug-likeness (QED) is 0.835. The number of nitrogens with zero attached hydrogens (tertiary/aromatic N) is 1. The van der Waals surface area contributed by atoms with E-state index in [2.05, 4.69) is 5.16 Å². The second kappa shape index (κ2) is 4.23. The summed E-state index contributed by atoms with van der Waals surface area (Å²) in [5, 5.41) is 3.80. The lowest BCUT2D eigenvalue weighted by Crippen LogP contribution is -2.03. The zero-order valence-corrected chi connectivity index (χ0v) is 8.11. The van der Waals surface area contributed by atoms with Crippen LogP contribution < -0.4 is 5.73 Å². The first-order chi connectivity index (χ1) is 7.33. The molecule has 2 rings (SSSR count). The number of hydrogen-bond acceptors (Lipinski definition) is 3. The minimum atomic E-state index is -0.301. The van der Waals surface area contributed by atoms with E-state index in [0.29, 0.717) is 24.2 Å². The van der Waals surface area contributed by atoms with Gasteiger partial charge in [-0.3, -0.25) is 0 Å². The molecule has 0 radical (unpaired) electrons. The van der Waals surface area contributed by atoms with Crippen molar-refractivity contribution in [1.82, 2.24) is 5.16 Å². The molecule has 2 N–H and O–H groups in total. The maximum atomic E-state index is 13.5. The van der Waals surface area contributed by atoms with Gasteiger partial charge in [0, 0.05) is 11.1 Å². The maximum Gasteiger partial charge on any atom is 0.132 e. The molecule has 1 aromatic carbocycles. The first kappa shape index (κ1) is 9.86. The Morgan fingerprint density at radius 2 is 2.13 bits per heavy atom. The first-order valence-electron chi connectivity index (χ1n) is 4.71. The molecule has 1 aromatic heterocycles. The van der Waals surface area contributed by atoms with Gasteiger partial charge in [0.2, 0.25) is 0 Å². The molecule has 1 heterocycles. The lowest BCUT2D eigenvalue weighted by molar-refractivity contribution is 0.421. The van der Waals surface area contributed by atoms with Crippen molar-refractivity contribution in [2.75, 3.05) is 6.54 Å². The van der Waals surface area contributed by atoms with Gasteiger partial charge in [-0.15, -0.1) is 0 Å². The Labute approximate surface area is 86.7 Å². The van der Waals surface area contributed by atoms with Crippen molar-refractivity contribution in [1.29, 1.82) is 0 Å². The van der Waals surface area contributed by atoms with Gasteiger partial charge < -0.3 is 10.3 Å². The molecule has 0 atom stereocenters. The summed E-state index contributed by atoms with van der Waals surface area (Å²) in [6, 6.07) is 6.48. The summed E-state index contributed by atoms with van der Waals surface area (Å²) in [7, 11) is 0. The van der Waals surface area contributed by atoms with E-state index in [1.165, 1.54) is 12.3 Å². The number of aromatic nitrogens is 1. The standard InChI is InChI=1S/C11H11FN2O/c12-10-4-2-1-3-9(10)11-8(5-6-13)7-15-14-11/h1-4,7H,5-6,13H2. The van der Waals surface area contributed by atoms with Crippen molar-refractivity contribution in [3.63, 3.8) is 0 Å². The third-order valence-corrected chi connectivity index (χ3v) is 2.19. The van der Waals surface area contributed by atoms with E-state index in [1.807, 2.05) is 0 Å². The van der Waals surface area contributed by atoms with E-state index in [1.54, 1.807) is 18.2 Å². The lowest BCUT2D eigenvalue weighted by atomic mass is 10.1. The van der Waals surface area contributed by atoms with Crippen LogP contribution in [0.1, 0.15) is 5.56 Å². The summed E-state index contributed by atoms with van der Waals surface area (Å²) in [4.78, 5) is 0. The summed E-state index contributed by atoms with van der Waals surface area (Å²) < 4.78 is 18.3. The van der Waals surface area contributed by atoms with Gasteiger partial charge in [-0.1, -0.05) is 17.3 Å². The van der Waals surface area contributed by atoms with Crippen LogP contribution in [0.2, 0.25) is 0 Å². The van der Waals surface area contributed by atoms with Gasteiger partial charge in [0.15, 0.2) is 0 Å². The summed E-state index contributed by atoms with van der Waals surface area (Å²) >= 11 is 0. The van der Waals surface area contributed by atoms with Crippen molar-refractivity contribution in [2.45, 2.75) is 6.42 Å². The number of benzene rings is 1.